The van der Waals surface area contributed by atoms with Crippen molar-refractivity contribution in [1.29, 1.82) is 0 Å². The summed E-state index contributed by atoms with van der Waals surface area (Å²) in [5, 5.41) is 10.1. The summed E-state index contributed by atoms with van der Waals surface area (Å²) in [7, 11) is -4.14. The van der Waals surface area contributed by atoms with Crippen LogP contribution in [-0.4, -0.2) is 67.5 Å². The Morgan fingerprint density at radius 3 is 2.25 bits per heavy atom. The van der Waals surface area contributed by atoms with Crippen molar-refractivity contribution in [2.45, 2.75) is 63.9 Å². The van der Waals surface area contributed by atoms with E-state index < -0.39 is 33.9 Å². The molecule has 28 heavy (non-hydrogen) atoms. The second kappa shape index (κ2) is 10.6. The zero-order chi connectivity index (χ0) is 21.5. The molecular weight excluding hydrogens is 449 g/mol. The molecule has 10 heteroatoms. The van der Waals surface area contributed by atoms with Crippen molar-refractivity contribution < 1.29 is 32.5 Å². The van der Waals surface area contributed by atoms with Crippen molar-refractivity contribution in [1.82, 2.24) is 4.72 Å². The normalized spacial score (nSPS) is 13.5. The van der Waals surface area contributed by atoms with Crippen LogP contribution in [0.2, 0.25) is 0 Å². The molecule has 0 heterocycles. The molecule has 0 bridgehead atoms. The van der Waals surface area contributed by atoms with Gasteiger partial charge in [0.25, 0.3) is 0 Å². The van der Waals surface area contributed by atoms with Gasteiger partial charge in [-0.15, -0.1) is 0 Å². The van der Waals surface area contributed by atoms with Gasteiger partial charge in [0.2, 0.25) is 0 Å². The number of ether oxygens (including phenoxy) is 3. The molecule has 0 radical (unpaired) electrons. The molecule has 2 unspecified atom stereocenters. The van der Waals surface area contributed by atoms with Crippen molar-refractivity contribution in [3.8, 4) is 5.75 Å². The number of carbonyl (C=O) groups is 1. The molecule has 0 saturated heterocycles. The molecule has 0 fully saturated rings. The maximum atomic E-state index is 12.8. The van der Waals surface area contributed by atoms with Gasteiger partial charge in [-0.1, -0.05) is 0 Å². The summed E-state index contributed by atoms with van der Waals surface area (Å²) >= 11 is 1.25. The van der Waals surface area contributed by atoms with E-state index in [9.17, 15) is 18.3 Å². The first-order valence-corrected chi connectivity index (χ1v) is 11.6. The summed E-state index contributed by atoms with van der Waals surface area (Å²) in [5.41, 5.74) is -0.718. The predicted octanol–water partition coefficient (Wildman–Crippen LogP) is 0.428. The maximum absolute atomic E-state index is 12.8. The van der Waals surface area contributed by atoms with E-state index in [2.05, 4.69) is 4.72 Å². The molecule has 0 amide bonds. The number of nitrogens with one attached hydrogen (secondary N) is 1. The monoisotopic (exact) mass is 479 g/mol. The van der Waals surface area contributed by atoms with Crippen LogP contribution in [0.5, 0.6) is 5.75 Å². The Morgan fingerprint density at radius 2 is 1.79 bits per heavy atom. The van der Waals surface area contributed by atoms with E-state index in [0.717, 1.165) is 4.35 Å². The van der Waals surface area contributed by atoms with E-state index in [1.807, 2.05) is 0 Å². The molecule has 1 rings (SSSR count). The van der Waals surface area contributed by atoms with Gasteiger partial charge in [0, 0.05) is 0 Å². The van der Waals surface area contributed by atoms with Gasteiger partial charge < -0.3 is 0 Å². The first kappa shape index (κ1) is 24.9. The average molecular weight is 479 g/mol. The van der Waals surface area contributed by atoms with Crippen LogP contribution in [0.1, 0.15) is 41.0 Å². The van der Waals surface area contributed by atoms with Crippen molar-refractivity contribution in [2.24, 2.45) is 0 Å². The molecule has 0 saturated carbocycles. The van der Waals surface area contributed by atoms with Crippen molar-refractivity contribution >= 4 is 37.2 Å². The van der Waals surface area contributed by atoms with Gasteiger partial charge in [0.05, 0.1) is 0 Å². The fraction of sp³-hybridized carbons (Fsp3) is 0.611. The molecule has 2 atom stereocenters. The summed E-state index contributed by atoms with van der Waals surface area (Å²) in [6.45, 7) is 9.15. The zero-order valence-electron chi connectivity index (χ0n) is 16.9. The van der Waals surface area contributed by atoms with Gasteiger partial charge in [-0.25, -0.2) is 0 Å². The third-order valence-corrected chi connectivity index (χ3v) is 5.67. The molecule has 0 spiro atoms. The molecule has 160 valence electrons. The molecule has 0 aromatic heterocycles. The Hall–Kier alpha value is -1.12. The van der Waals surface area contributed by atoms with Crippen molar-refractivity contribution in [3.63, 3.8) is 0 Å². The molecule has 0 aliphatic rings. The Kier molecular flexibility index (Phi) is 9.43. The van der Waals surface area contributed by atoms with Gasteiger partial charge >= 0.3 is 175 Å². The molecule has 0 aliphatic heterocycles. The van der Waals surface area contributed by atoms with E-state index >= 15 is 0 Å². The van der Waals surface area contributed by atoms with Crippen LogP contribution < -0.4 is 9.07 Å². The fourth-order valence-corrected chi connectivity index (χ4v) is 4.22. The van der Waals surface area contributed by atoms with Gasteiger partial charge in [-0.3, -0.25) is 0 Å². The van der Waals surface area contributed by atoms with Gasteiger partial charge in [-0.05, 0) is 0 Å². The summed E-state index contributed by atoms with van der Waals surface area (Å²) < 4.78 is 45.1. The summed E-state index contributed by atoms with van der Waals surface area (Å²) in [4.78, 5) is 12.0. The van der Waals surface area contributed by atoms with E-state index in [0.29, 0.717) is 0 Å². The number of aromatic hydroxyl groups is 1. The van der Waals surface area contributed by atoms with E-state index in [-0.39, 0.29) is 30.3 Å². The van der Waals surface area contributed by atoms with Gasteiger partial charge in [0.1, 0.15) is 0 Å². The quantitative estimate of drug-likeness (QED) is 0.284. The average Bonchev–Trinajstić information content (AvgIpc) is 2.51. The predicted molar refractivity (Wildman–Crippen MR) is 108 cm³/mol. The fourth-order valence-electron chi connectivity index (χ4n) is 2.39. The van der Waals surface area contributed by atoms with Crippen molar-refractivity contribution in [3.05, 3.63) is 18.2 Å². The van der Waals surface area contributed by atoms with Gasteiger partial charge in [-0.2, -0.15) is 0 Å². The van der Waals surface area contributed by atoms with Gasteiger partial charge in [0.15, 0.2) is 0 Å². The third-order valence-electron chi connectivity index (χ3n) is 3.38. The van der Waals surface area contributed by atoms with Crippen LogP contribution in [0, 0.1) is 0 Å². The second-order valence-electron chi connectivity index (χ2n) is 7.02. The minimum absolute atomic E-state index is 0.259. The van der Waals surface area contributed by atoms with Crippen LogP contribution in [0.3, 0.4) is 0 Å². The number of hydrogen-bond donors (Lipinski definition) is 2. The number of phenolic OH excluding ortho intramolecular Hbond substituents is 1. The standard InChI is InChI=1S/C18H30AsNO7S/c1-6-25-17(26-7-2)13(11-16(22)27-18(3,4)5)20-28(23,24)15-9-8-12(19)10-14(15)21/h8-10,13,17,20-21H,6-7,11,19H2,1-5H3. The number of phenols is 1. The molecular formula is C18H30AsNO7S. The summed E-state index contributed by atoms with van der Waals surface area (Å²) in [6, 6.07) is 3.25. The van der Waals surface area contributed by atoms with Crippen LogP contribution in [0.25, 0.3) is 0 Å². The van der Waals surface area contributed by atoms with Crippen LogP contribution in [-0.2, 0) is 29.0 Å². The van der Waals surface area contributed by atoms with E-state index in [1.54, 1.807) is 40.7 Å². The third kappa shape index (κ3) is 8.09. The summed E-state index contributed by atoms with van der Waals surface area (Å²) in [5.74, 6) is -0.963. The minimum atomic E-state index is -4.14. The number of hydrogen-bond acceptors (Lipinski definition) is 7. The number of carbonyl (C=O) groups excluding carboxylic acids is 1. The number of rotatable bonds is 10. The number of benzene rings is 1. The number of sulfonamides is 1. The van der Waals surface area contributed by atoms with Crippen LogP contribution in [0.4, 0.5) is 0 Å². The Balaban J connectivity index is 3.16. The Morgan fingerprint density at radius 1 is 1.21 bits per heavy atom. The molecule has 2 N–H and O–H groups in total. The first-order valence-electron chi connectivity index (χ1n) is 8.95. The second-order valence-corrected chi connectivity index (χ2v) is 10.1. The first-order chi connectivity index (χ1) is 12.9. The summed E-state index contributed by atoms with van der Waals surface area (Å²) in [6.07, 6.45) is -1.29. The van der Waals surface area contributed by atoms with E-state index in [4.69, 9.17) is 14.2 Å². The SMILES string of the molecule is CCOC(OCC)C(CC(=O)OC(C)(C)C)NS(=O)(=O)c1ccc([AsH2])cc1O. The molecule has 0 aliphatic carbocycles. The van der Waals surface area contributed by atoms with Crippen molar-refractivity contribution in [2.75, 3.05) is 13.2 Å². The topological polar surface area (TPSA) is 111 Å². The molecule has 1 aromatic rings. The van der Waals surface area contributed by atoms with Crippen LogP contribution in [0.15, 0.2) is 23.1 Å². The van der Waals surface area contributed by atoms with E-state index in [1.165, 1.54) is 29.0 Å². The zero-order valence-corrected chi connectivity index (χ0v) is 20.1. The molecule has 1 aromatic carbocycles. The van der Waals surface area contributed by atoms with Crippen LogP contribution >= 0.6 is 0 Å². The Labute approximate surface area is 175 Å². The molecule has 8 nitrogen and oxygen atoms in total. The number of esters is 1. The Bertz CT molecular complexity index is 756.